The first-order chi connectivity index (χ1) is 12.0. The molecule has 2 aromatic heterocycles. The quantitative estimate of drug-likeness (QED) is 0.468. The van der Waals surface area contributed by atoms with Gasteiger partial charge in [0.2, 0.25) is 5.28 Å². The molecule has 4 nitrogen and oxygen atoms in total. The highest BCUT2D eigenvalue weighted by Crippen LogP contribution is 2.35. The van der Waals surface area contributed by atoms with Gasteiger partial charge in [-0.05, 0) is 49.6 Å². The van der Waals surface area contributed by atoms with Crippen molar-refractivity contribution in [3.05, 3.63) is 41.4 Å². The fourth-order valence-corrected chi connectivity index (χ4v) is 4.31. The molecule has 0 bridgehead atoms. The van der Waals surface area contributed by atoms with Crippen molar-refractivity contribution in [2.75, 3.05) is 18.6 Å². The van der Waals surface area contributed by atoms with Crippen LogP contribution in [0.15, 0.2) is 35.4 Å². The molecular weight excluding hydrogens is 378 g/mol. The van der Waals surface area contributed by atoms with E-state index in [0.29, 0.717) is 10.7 Å². The zero-order valence-corrected chi connectivity index (χ0v) is 16.5. The zero-order chi connectivity index (χ0) is 18.0. The van der Waals surface area contributed by atoms with Gasteiger partial charge >= 0.3 is 0 Å². The van der Waals surface area contributed by atoms with Crippen LogP contribution in [-0.2, 0) is 6.42 Å². The van der Waals surface area contributed by atoms with E-state index < -0.39 is 7.92 Å². The van der Waals surface area contributed by atoms with Crippen molar-refractivity contribution < 1.29 is 3.89 Å². The Balaban J connectivity index is 2.13. The third-order valence-electron chi connectivity index (χ3n) is 3.77. The van der Waals surface area contributed by atoms with Gasteiger partial charge in [-0.15, -0.1) is 0 Å². The van der Waals surface area contributed by atoms with Crippen molar-refractivity contribution in [1.29, 1.82) is 0 Å². The van der Waals surface area contributed by atoms with E-state index in [-0.39, 0.29) is 17.4 Å². The number of aryl methyl sites for hydroxylation is 1. The summed E-state index contributed by atoms with van der Waals surface area (Å²) in [4.78, 5) is 12.9. The number of nitrogens with zero attached hydrogens (tertiary/aromatic N) is 3. The molecule has 1 N–H and O–H groups in total. The SMILES string of the molecule is CCc1ccc2c(P(C)C)c(Nc3nc(Cl)ncc3SF)ccc2n1. The summed E-state index contributed by atoms with van der Waals surface area (Å²) in [5.41, 5.74) is 2.92. The molecule has 0 aliphatic heterocycles. The van der Waals surface area contributed by atoms with E-state index in [2.05, 4.69) is 47.7 Å². The normalized spacial score (nSPS) is 11.3. The minimum Gasteiger partial charge on any atom is -0.339 e. The molecule has 2 heterocycles. The van der Waals surface area contributed by atoms with Crippen LogP contribution < -0.4 is 10.6 Å². The molecule has 0 radical (unpaired) electrons. The van der Waals surface area contributed by atoms with Crippen molar-refractivity contribution in [3.8, 4) is 0 Å². The van der Waals surface area contributed by atoms with Crippen LogP contribution in [0.1, 0.15) is 12.6 Å². The summed E-state index contributed by atoms with van der Waals surface area (Å²) in [5, 5.41) is 5.58. The van der Waals surface area contributed by atoms with Crippen molar-refractivity contribution >= 4 is 59.4 Å². The monoisotopic (exact) mass is 394 g/mol. The Hall–Kier alpha value is -1.49. The third-order valence-corrected chi connectivity index (χ3v) is 5.80. The molecule has 0 aliphatic rings. The fraction of sp³-hybridized carbons (Fsp3) is 0.235. The molecule has 25 heavy (non-hydrogen) atoms. The lowest BCUT2D eigenvalue weighted by Gasteiger charge is -2.18. The fourth-order valence-electron chi connectivity index (χ4n) is 2.63. The predicted octanol–water partition coefficient (Wildman–Crippen LogP) is 5.33. The third kappa shape index (κ3) is 3.86. The standard InChI is InChI=1S/C17H17ClFN4PS/c1-4-10-5-6-11-12(21-10)7-8-13(15(11)24(2)3)22-16-14(25-19)9-20-17(18)23-16/h5-9H,4H2,1-3H3,(H,20,22,23). The molecule has 130 valence electrons. The molecule has 0 aliphatic carbocycles. The number of anilines is 2. The Kier molecular flexibility index (Phi) is 5.72. The van der Waals surface area contributed by atoms with Crippen LogP contribution in [0, 0.1) is 0 Å². The topological polar surface area (TPSA) is 50.7 Å². The highest BCUT2D eigenvalue weighted by atomic mass is 35.5. The van der Waals surface area contributed by atoms with Crippen LogP contribution in [0.2, 0.25) is 5.28 Å². The number of rotatable bonds is 5. The average molecular weight is 395 g/mol. The number of fused-ring (bicyclic) bond motifs is 1. The van der Waals surface area contributed by atoms with Crippen molar-refractivity contribution in [1.82, 2.24) is 15.0 Å². The molecule has 0 saturated heterocycles. The first-order valence-corrected chi connectivity index (χ1v) is 11.0. The van der Waals surface area contributed by atoms with E-state index in [1.165, 1.54) is 11.5 Å². The van der Waals surface area contributed by atoms with Gasteiger partial charge in [-0.25, -0.2) is 4.98 Å². The van der Waals surface area contributed by atoms with Gasteiger partial charge in [0, 0.05) is 22.1 Å². The second kappa shape index (κ2) is 7.81. The zero-order valence-electron chi connectivity index (χ0n) is 14.0. The second-order valence-corrected chi connectivity index (χ2v) is 8.80. The maximum absolute atomic E-state index is 13.2. The summed E-state index contributed by atoms with van der Waals surface area (Å²) >= 11 is 5.96. The van der Waals surface area contributed by atoms with Crippen molar-refractivity contribution in [2.24, 2.45) is 0 Å². The van der Waals surface area contributed by atoms with Crippen molar-refractivity contribution in [3.63, 3.8) is 0 Å². The molecule has 8 heteroatoms. The summed E-state index contributed by atoms with van der Waals surface area (Å²) in [5.74, 6) is 0.364. The van der Waals surface area contributed by atoms with Crippen LogP contribution in [0.25, 0.3) is 10.9 Å². The number of benzene rings is 1. The largest absolute Gasteiger partial charge is 0.339 e. The molecule has 0 atom stereocenters. The lowest BCUT2D eigenvalue weighted by molar-refractivity contribution is 0.928. The first-order valence-electron chi connectivity index (χ1n) is 7.71. The van der Waals surface area contributed by atoms with Crippen LogP contribution in [0.4, 0.5) is 15.4 Å². The van der Waals surface area contributed by atoms with Gasteiger partial charge in [0.05, 0.1) is 23.9 Å². The van der Waals surface area contributed by atoms with Gasteiger partial charge in [-0.1, -0.05) is 20.9 Å². The Bertz CT molecular complexity index is 923. The minimum absolute atomic E-state index is 0.0761. The molecule has 1 aromatic carbocycles. The number of halogens is 2. The number of aromatic nitrogens is 3. The molecule has 0 unspecified atom stereocenters. The Morgan fingerprint density at radius 3 is 2.68 bits per heavy atom. The highest BCUT2D eigenvalue weighted by molar-refractivity contribution is 7.94. The highest BCUT2D eigenvalue weighted by Gasteiger charge is 2.15. The molecular formula is C17H17ClFN4PS. The smallest absolute Gasteiger partial charge is 0.224 e. The molecule has 0 fully saturated rings. The number of hydrogen-bond donors (Lipinski definition) is 1. The van der Waals surface area contributed by atoms with Gasteiger partial charge in [-0.3, -0.25) is 4.98 Å². The van der Waals surface area contributed by atoms with E-state index in [0.717, 1.165) is 28.7 Å². The van der Waals surface area contributed by atoms with Gasteiger partial charge < -0.3 is 5.32 Å². The summed E-state index contributed by atoms with van der Waals surface area (Å²) in [7, 11) is -0.427. The maximum Gasteiger partial charge on any atom is 0.224 e. The Morgan fingerprint density at radius 1 is 1.20 bits per heavy atom. The number of nitrogens with one attached hydrogen (secondary N) is 1. The minimum atomic E-state index is -0.427. The van der Waals surface area contributed by atoms with Crippen LogP contribution >= 0.6 is 31.7 Å². The first kappa shape index (κ1) is 18.3. The summed E-state index contributed by atoms with van der Waals surface area (Å²) in [6.45, 7) is 6.45. The van der Waals surface area contributed by atoms with Gasteiger partial charge in [0.25, 0.3) is 0 Å². The van der Waals surface area contributed by atoms with Crippen LogP contribution in [0.5, 0.6) is 0 Å². The lowest BCUT2D eigenvalue weighted by atomic mass is 10.1. The summed E-state index contributed by atoms with van der Waals surface area (Å²) in [6.07, 6.45) is 2.27. The molecule has 3 rings (SSSR count). The van der Waals surface area contributed by atoms with E-state index in [1.54, 1.807) is 0 Å². The van der Waals surface area contributed by atoms with Gasteiger partial charge in [0.1, 0.15) is 4.90 Å². The molecule has 0 amide bonds. The van der Waals surface area contributed by atoms with E-state index in [9.17, 15) is 3.89 Å². The summed E-state index contributed by atoms with van der Waals surface area (Å²) < 4.78 is 13.2. The Morgan fingerprint density at radius 2 is 2.00 bits per heavy atom. The second-order valence-electron chi connectivity index (χ2n) is 5.63. The lowest BCUT2D eigenvalue weighted by Crippen LogP contribution is -2.11. The van der Waals surface area contributed by atoms with E-state index >= 15 is 0 Å². The molecule has 0 saturated carbocycles. The van der Waals surface area contributed by atoms with Crippen LogP contribution in [-0.4, -0.2) is 28.3 Å². The number of hydrogen-bond acceptors (Lipinski definition) is 5. The van der Waals surface area contributed by atoms with E-state index in [1.807, 2.05) is 12.1 Å². The average Bonchev–Trinajstić information content (AvgIpc) is 2.61. The predicted molar refractivity (Wildman–Crippen MR) is 107 cm³/mol. The van der Waals surface area contributed by atoms with Crippen molar-refractivity contribution in [2.45, 2.75) is 18.2 Å². The van der Waals surface area contributed by atoms with Gasteiger partial charge in [-0.2, -0.15) is 8.87 Å². The van der Waals surface area contributed by atoms with Crippen LogP contribution in [0.3, 0.4) is 0 Å². The molecule has 0 spiro atoms. The Labute approximate surface area is 156 Å². The maximum atomic E-state index is 13.2. The molecule has 3 aromatic rings. The van der Waals surface area contributed by atoms with E-state index in [4.69, 9.17) is 16.6 Å². The summed E-state index contributed by atoms with van der Waals surface area (Å²) in [6, 6.07) is 8.11. The van der Waals surface area contributed by atoms with Gasteiger partial charge in [0.15, 0.2) is 5.82 Å². The number of pyridine rings is 1.